The first kappa shape index (κ1) is 22.3. The van der Waals surface area contributed by atoms with Crippen LogP contribution in [0.15, 0.2) is 54.7 Å². The molecule has 3 amide bonds. The van der Waals surface area contributed by atoms with Gasteiger partial charge in [-0.25, -0.2) is 0 Å². The van der Waals surface area contributed by atoms with E-state index < -0.39 is 0 Å². The molecule has 3 aromatic rings. The monoisotopic (exact) mass is 485 g/mol. The Bertz CT molecular complexity index is 1340. The molecule has 9 nitrogen and oxygen atoms in total. The van der Waals surface area contributed by atoms with Gasteiger partial charge in [-0.3, -0.25) is 19.1 Å². The van der Waals surface area contributed by atoms with Crippen LogP contribution in [-0.4, -0.2) is 58.1 Å². The van der Waals surface area contributed by atoms with Crippen molar-refractivity contribution in [2.24, 2.45) is 0 Å². The summed E-state index contributed by atoms with van der Waals surface area (Å²) in [5.74, 6) is 0.348. The maximum absolute atomic E-state index is 13.1. The zero-order valence-corrected chi connectivity index (χ0v) is 19.8. The van der Waals surface area contributed by atoms with E-state index in [9.17, 15) is 14.4 Å². The van der Waals surface area contributed by atoms with Crippen LogP contribution in [0.2, 0.25) is 0 Å². The number of benzene rings is 2. The molecule has 0 saturated carbocycles. The fourth-order valence-electron chi connectivity index (χ4n) is 5.45. The van der Waals surface area contributed by atoms with Gasteiger partial charge in [-0.05, 0) is 37.1 Å². The normalized spacial score (nSPS) is 19.3. The maximum Gasteiger partial charge on any atom is 0.259 e. The molecular weight excluding hydrogens is 458 g/mol. The summed E-state index contributed by atoms with van der Waals surface area (Å²) in [5, 5.41) is 10.2. The summed E-state index contributed by atoms with van der Waals surface area (Å²) in [5.41, 5.74) is 3.81. The molecule has 0 radical (unpaired) electrons. The number of carbonyl (C=O) groups excluding carboxylic acids is 3. The van der Waals surface area contributed by atoms with E-state index in [1.54, 1.807) is 35.4 Å². The number of nitrogens with one attached hydrogen (secondary N) is 2. The minimum Gasteiger partial charge on any atom is -0.487 e. The van der Waals surface area contributed by atoms with E-state index in [0.29, 0.717) is 29.9 Å². The lowest BCUT2D eigenvalue weighted by Crippen LogP contribution is -2.34. The molecule has 2 aromatic carbocycles. The van der Waals surface area contributed by atoms with E-state index in [1.165, 1.54) is 0 Å². The molecule has 1 fully saturated rings. The summed E-state index contributed by atoms with van der Waals surface area (Å²) in [7, 11) is 0. The molecule has 36 heavy (non-hydrogen) atoms. The highest BCUT2D eigenvalue weighted by atomic mass is 16.5. The Morgan fingerprint density at radius 3 is 2.75 bits per heavy atom. The summed E-state index contributed by atoms with van der Waals surface area (Å²) in [4.78, 5) is 40.0. The van der Waals surface area contributed by atoms with E-state index in [1.807, 2.05) is 28.9 Å². The zero-order valence-electron chi connectivity index (χ0n) is 19.8. The molecule has 3 aliphatic rings. The lowest BCUT2D eigenvalue weighted by molar-refractivity contribution is -0.130. The molecule has 6 rings (SSSR count). The van der Waals surface area contributed by atoms with Crippen molar-refractivity contribution in [1.29, 1.82) is 0 Å². The molecule has 4 heterocycles. The molecule has 2 N–H and O–H groups in total. The molecule has 2 atom stereocenters. The van der Waals surface area contributed by atoms with Crippen molar-refractivity contribution in [2.75, 3.05) is 25.0 Å². The number of hydrogen-bond acceptors (Lipinski definition) is 5. The van der Waals surface area contributed by atoms with E-state index in [-0.39, 0.29) is 42.7 Å². The number of rotatable bonds is 6. The van der Waals surface area contributed by atoms with Crippen molar-refractivity contribution in [3.05, 3.63) is 77.1 Å². The van der Waals surface area contributed by atoms with Crippen LogP contribution < -0.4 is 15.4 Å². The van der Waals surface area contributed by atoms with Crippen molar-refractivity contribution in [2.45, 2.75) is 37.8 Å². The van der Waals surface area contributed by atoms with Crippen LogP contribution >= 0.6 is 0 Å². The minimum absolute atomic E-state index is 0.0164. The van der Waals surface area contributed by atoms with E-state index in [4.69, 9.17) is 4.74 Å². The van der Waals surface area contributed by atoms with Crippen LogP contribution in [-0.2, 0) is 17.8 Å². The first-order chi connectivity index (χ1) is 17.6. The number of aromatic nitrogens is 2. The van der Waals surface area contributed by atoms with Gasteiger partial charge < -0.3 is 20.3 Å². The average molecular weight is 486 g/mol. The first-order valence-electron chi connectivity index (χ1n) is 12.3. The van der Waals surface area contributed by atoms with Crippen molar-refractivity contribution in [3.63, 3.8) is 0 Å². The fourth-order valence-corrected chi connectivity index (χ4v) is 5.45. The SMILES string of the molecule is O=C(NCCC(=O)N1CC2Oc3cccc(NC(=O)c4cnn5c4CCC5)c3C2C1)c1ccccc1. The number of carbonyl (C=O) groups is 3. The van der Waals surface area contributed by atoms with Crippen LogP contribution in [0.1, 0.15) is 50.7 Å². The Morgan fingerprint density at radius 2 is 1.89 bits per heavy atom. The van der Waals surface area contributed by atoms with Crippen molar-refractivity contribution in [1.82, 2.24) is 20.0 Å². The number of anilines is 1. The van der Waals surface area contributed by atoms with Gasteiger partial charge in [-0.1, -0.05) is 24.3 Å². The number of nitrogens with zero attached hydrogens (tertiary/aromatic N) is 3. The number of amides is 3. The van der Waals surface area contributed by atoms with Crippen LogP contribution in [0.3, 0.4) is 0 Å². The molecule has 1 aromatic heterocycles. The van der Waals surface area contributed by atoms with Gasteiger partial charge in [-0.2, -0.15) is 5.10 Å². The third kappa shape index (κ3) is 4.00. The molecule has 0 aliphatic carbocycles. The number of likely N-dealkylation sites (tertiary alicyclic amines) is 1. The first-order valence-corrected chi connectivity index (χ1v) is 12.3. The third-order valence-electron chi connectivity index (χ3n) is 7.22. The Labute approximate surface area is 208 Å². The van der Waals surface area contributed by atoms with Gasteiger partial charge in [0.05, 0.1) is 24.0 Å². The highest BCUT2D eigenvalue weighted by Gasteiger charge is 2.44. The largest absolute Gasteiger partial charge is 0.487 e. The molecular formula is C27H27N5O4. The smallest absolute Gasteiger partial charge is 0.259 e. The highest BCUT2D eigenvalue weighted by Crippen LogP contribution is 2.46. The summed E-state index contributed by atoms with van der Waals surface area (Å²) < 4.78 is 8.06. The Hall–Kier alpha value is -4.14. The van der Waals surface area contributed by atoms with E-state index >= 15 is 0 Å². The summed E-state index contributed by atoms with van der Waals surface area (Å²) in [6, 6.07) is 14.6. The number of fused-ring (bicyclic) bond motifs is 4. The number of hydrogen-bond donors (Lipinski definition) is 2. The van der Waals surface area contributed by atoms with Gasteiger partial charge in [0.2, 0.25) is 5.91 Å². The molecule has 0 bridgehead atoms. The van der Waals surface area contributed by atoms with E-state index in [2.05, 4.69) is 15.7 Å². The molecule has 9 heteroatoms. The molecule has 184 valence electrons. The van der Waals surface area contributed by atoms with Crippen LogP contribution in [0.4, 0.5) is 5.69 Å². The van der Waals surface area contributed by atoms with Gasteiger partial charge in [-0.15, -0.1) is 0 Å². The Kier molecular flexibility index (Phi) is 5.67. The molecule has 3 aliphatic heterocycles. The van der Waals surface area contributed by atoms with Gasteiger partial charge >= 0.3 is 0 Å². The second-order valence-electron chi connectivity index (χ2n) is 9.44. The van der Waals surface area contributed by atoms with Crippen LogP contribution in [0, 0.1) is 0 Å². The standard InChI is InChI=1S/C27H27N5O4/c33-24(11-12-28-26(34)17-6-2-1-3-7-17)31-15-19-23(16-31)36-22-10-4-8-20(25(19)22)30-27(35)18-14-29-32-13-5-9-21(18)32/h1-4,6-8,10,14,19,23H,5,9,11-13,15-16H2,(H,28,34)(H,30,35). The van der Waals surface area contributed by atoms with Crippen LogP contribution in [0.5, 0.6) is 5.75 Å². The van der Waals surface area contributed by atoms with Gasteiger partial charge in [0.25, 0.3) is 11.8 Å². The van der Waals surface area contributed by atoms with Crippen molar-refractivity contribution < 1.29 is 19.1 Å². The summed E-state index contributed by atoms with van der Waals surface area (Å²) in [6.45, 7) is 2.11. The molecule has 2 unspecified atom stereocenters. The van der Waals surface area contributed by atoms with E-state index in [0.717, 1.165) is 36.4 Å². The zero-order chi connectivity index (χ0) is 24.6. The minimum atomic E-state index is -0.191. The predicted octanol–water partition coefficient (Wildman–Crippen LogP) is 2.59. The number of aryl methyl sites for hydroxylation is 1. The lowest BCUT2D eigenvalue weighted by atomic mass is 9.96. The molecule has 0 spiro atoms. The quantitative estimate of drug-likeness (QED) is 0.558. The van der Waals surface area contributed by atoms with Crippen molar-refractivity contribution in [3.8, 4) is 5.75 Å². The Balaban J connectivity index is 1.10. The topological polar surface area (TPSA) is 106 Å². The third-order valence-corrected chi connectivity index (χ3v) is 7.22. The summed E-state index contributed by atoms with van der Waals surface area (Å²) in [6.07, 6.45) is 3.56. The lowest BCUT2D eigenvalue weighted by Gasteiger charge is -2.19. The molecule has 1 saturated heterocycles. The van der Waals surface area contributed by atoms with Gasteiger partial charge in [0.1, 0.15) is 11.9 Å². The van der Waals surface area contributed by atoms with Crippen LogP contribution in [0.25, 0.3) is 0 Å². The van der Waals surface area contributed by atoms with Crippen molar-refractivity contribution >= 4 is 23.4 Å². The second-order valence-corrected chi connectivity index (χ2v) is 9.44. The average Bonchev–Trinajstić information content (AvgIpc) is 3.65. The predicted molar refractivity (Wildman–Crippen MR) is 132 cm³/mol. The maximum atomic E-state index is 13.1. The summed E-state index contributed by atoms with van der Waals surface area (Å²) >= 11 is 0. The Morgan fingerprint density at radius 1 is 1.03 bits per heavy atom. The fraction of sp³-hybridized carbons (Fsp3) is 0.333. The van der Waals surface area contributed by atoms with Gasteiger partial charge in [0, 0.05) is 48.8 Å². The van der Waals surface area contributed by atoms with Gasteiger partial charge in [0.15, 0.2) is 0 Å². The highest BCUT2D eigenvalue weighted by molar-refractivity contribution is 6.05. The number of ether oxygens (including phenoxy) is 1. The second kappa shape index (κ2) is 9.14.